The summed E-state index contributed by atoms with van der Waals surface area (Å²) in [5.74, 6) is 1.11. The molecule has 1 atom stereocenters. The van der Waals surface area contributed by atoms with Crippen molar-refractivity contribution >= 4 is 15.9 Å². The summed E-state index contributed by atoms with van der Waals surface area (Å²) in [4.78, 5) is 12.7. The highest BCUT2D eigenvalue weighted by atomic mass is 32.2. The third-order valence-corrected chi connectivity index (χ3v) is 6.26. The van der Waals surface area contributed by atoms with Crippen LogP contribution < -0.4 is 19.5 Å². The summed E-state index contributed by atoms with van der Waals surface area (Å²) >= 11 is 0. The Kier molecular flexibility index (Phi) is 7.10. The van der Waals surface area contributed by atoms with Gasteiger partial charge >= 0.3 is 0 Å². The molecule has 0 bridgehead atoms. The number of hydrogen-bond donors (Lipinski definition) is 1. The van der Waals surface area contributed by atoms with Gasteiger partial charge in [-0.15, -0.1) is 0 Å². The van der Waals surface area contributed by atoms with Gasteiger partial charge in [0.25, 0.3) is 5.91 Å². The molecule has 1 N–H and O–H groups in total. The van der Waals surface area contributed by atoms with Crippen molar-refractivity contribution in [1.29, 1.82) is 0 Å². The fourth-order valence-corrected chi connectivity index (χ4v) is 3.61. The number of amides is 1. The van der Waals surface area contributed by atoms with Gasteiger partial charge in [-0.1, -0.05) is 0 Å². The van der Waals surface area contributed by atoms with Gasteiger partial charge in [-0.25, -0.2) is 12.7 Å². The Morgan fingerprint density at radius 1 is 0.966 bits per heavy atom. The lowest BCUT2D eigenvalue weighted by atomic mass is 10.1. The molecule has 0 aliphatic heterocycles. The summed E-state index contributed by atoms with van der Waals surface area (Å²) in [5, 5.41) is 2.88. The molecule has 2 aromatic carbocycles. The number of carbonyl (C=O) groups is 1. The van der Waals surface area contributed by atoms with Crippen LogP contribution in [-0.2, 0) is 10.0 Å². The van der Waals surface area contributed by atoms with E-state index in [4.69, 9.17) is 14.2 Å². The minimum absolute atomic E-state index is 0.122. The van der Waals surface area contributed by atoms with Crippen molar-refractivity contribution in [3.63, 3.8) is 0 Å². The Morgan fingerprint density at radius 2 is 1.48 bits per heavy atom. The lowest BCUT2D eigenvalue weighted by Crippen LogP contribution is -2.27. The van der Waals surface area contributed by atoms with Gasteiger partial charge in [0.05, 0.1) is 32.3 Å². The standard InChI is InChI=1S/C20H26N2O6S/c1-13(15-11-17(26-4)19(28-6)18(12-15)27-5)21-20(23)14-7-9-16(10-8-14)29(24,25)22(2)3/h7-13H,1-6H3,(H,21,23). The van der Waals surface area contributed by atoms with Crippen LogP contribution in [0.1, 0.15) is 28.9 Å². The molecule has 0 aromatic heterocycles. The topological polar surface area (TPSA) is 94.2 Å². The van der Waals surface area contributed by atoms with Gasteiger partial charge < -0.3 is 19.5 Å². The van der Waals surface area contributed by atoms with Gasteiger partial charge in [0, 0.05) is 19.7 Å². The van der Waals surface area contributed by atoms with Gasteiger partial charge in [0.1, 0.15) is 0 Å². The summed E-state index contributed by atoms with van der Waals surface area (Å²) in [6.45, 7) is 1.82. The van der Waals surface area contributed by atoms with Crippen LogP contribution in [0.4, 0.5) is 0 Å². The van der Waals surface area contributed by atoms with Crippen molar-refractivity contribution in [3.05, 3.63) is 47.5 Å². The Morgan fingerprint density at radius 3 is 1.90 bits per heavy atom. The van der Waals surface area contributed by atoms with Crippen LogP contribution in [-0.4, -0.2) is 54.1 Å². The summed E-state index contributed by atoms with van der Waals surface area (Å²) in [5.41, 5.74) is 1.11. The second kappa shape index (κ2) is 9.15. The molecule has 1 amide bonds. The molecule has 0 saturated heterocycles. The highest BCUT2D eigenvalue weighted by Crippen LogP contribution is 2.39. The second-order valence-electron chi connectivity index (χ2n) is 6.47. The number of carbonyl (C=O) groups excluding carboxylic acids is 1. The van der Waals surface area contributed by atoms with Crippen molar-refractivity contribution in [3.8, 4) is 17.2 Å². The molecule has 29 heavy (non-hydrogen) atoms. The molecule has 9 heteroatoms. The van der Waals surface area contributed by atoms with Gasteiger partial charge in [0.2, 0.25) is 15.8 Å². The number of nitrogens with zero attached hydrogens (tertiary/aromatic N) is 1. The van der Waals surface area contributed by atoms with Crippen molar-refractivity contribution < 1.29 is 27.4 Å². The third-order valence-electron chi connectivity index (χ3n) is 4.43. The van der Waals surface area contributed by atoms with E-state index in [9.17, 15) is 13.2 Å². The zero-order valence-electron chi connectivity index (χ0n) is 17.3. The maximum absolute atomic E-state index is 12.6. The molecule has 0 fully saturated rings. The zero-order chi connectivity index (χ0) is 21.8. The number of ether oxygens (including phenoxy) is 3. The fraction of sp³-hybridized carbons (Fsp3) is 0.350. The van der Waals surface area contributed by atoms with E-state index in [0.29, 0.717) is 22.8 Å². The number of sulfonamides is 1. The van der Waals surface area contributed by atoms with Crippen LogP contribution in [0.5, 0.6) is 17.2 Å². The minimum Gasteiger partial charge on any atom is -0.493 e. The first-order valence-electron chi connectivity index (χ1n) is 8.79. The lowest BCUT2D eigenvalue weighted by molar-refractivity contribution is 0.0939. The quantitative estimate of drug-likeness (QED) is 0.702. The third kappa shape index (κ3) is 4.80. The molecule has 0 heterocycles. The number of rotatable bonds is 8. The average Bonchev–Trinajstić information content (AvgIpc) is 2.72. The Bertz CT molecular complexity index is 946. The molecule has 158 valence electrons. The van der Waals surface area contributed by atoms with Gasteiger partial charge in [-0.05, 0) is 48.9 Å². The summed E-state index contributed by atoms with van der Waals surface area (Å²) in [6.07, 6.45) is 0. The number of nitrogens with one attached hydrogen (secondary N) is 1. The van der Waals surface area contributed by atoms with E-state index >= 15 is 0 Å². The summed E-state index contributed by atoms with van der Waals surface area (Å²) in [6, 6.07) is 8.95. The van der Waals surface area contributed by atoms with Crippen molar-refractivity contribution in [2.75, 3.05) is 35.4 Å². The molecule has 0 aliphatic rings. The van der Waals surface area contributed by atoms with Crippen LogP contribution in [0.25, 0.3) is 0 Å². The van der Waals surface area contributed by atoms with E-state index < -0.39 is 10.0 Å². The predicted octanol–water partition coefficient (Wildman–Crippen LogP) is 2.45. The van der Waals surface area contributed by atoms with E-state index in [2.05, 4.69) is 5.32 Å². The number of benzene rings is 2. The van der Waals surface area contributed by atoms with Crippen LogP contribution in [0, 0.1) is 0 Å². The highest BCUT2D eigenvalue weighted by Gasteiger charge is 2.20. The van der Waals surface area contributed by atoms with Crippen LogP contribution in [0.2, 0.25) is 0 Å². The van der Waals surface area contributed by atoms with Crippen LogP contribution in [0.3, 0.4) is 0 Å². The second-order valence-corrected chi connectivity index (χ2v) is 8.62. The first-order chi connectivity index (χ1) is 13.6. The van der Waals surface area contributed by atoms with E-state index in [1.165, 1.54) is 59.7 Å². The normalized spacial score (nSPS) is 12.4. The molecule has 8 nitrogen and oxygen atoms in total. The van der Waals surface area contributed by atoms with Crippen molar-refractivity contribution in [2.24, 2.45) is 0 Å². The van der Waals surface area contributed by atoms with Crippen molar-refractivity contribution in [2.45, 2.75) is 17.9 Å². The predicted molar refractivity (Wildman–Crippen MR) is 109 cm³/mol. The Hall–Kier alpha value is -2.78. The highest BCUT2D eigenvalue weighted by molar-refractivity contribution is 7.89. The molecule has 0 spiro atoms. The molecule has 0 radical (unpaired) electrons. The monoisotopic (exact) mass is 422 g/mol. The first-order valence-corrected chi connectivity index (χ1v) is 10.2. The molecular formula is C20H26N2O6S. The maximum atomic E-state index is 12.6. The summed E-state index contributed by atoms with van der Waals surface area (Å²) in [7, 11) is 3.92. The fourth-order valence-electron chi connectivity index (χ4n) is 2.70. The zero-order valence-corrected chi connectivity index (χ0v) is 18.2. The minimum atomic E-state index is -3.55. The van der Waals surface area contributed by atoms with Crippen LogP contribution >= 0.6 is 0 Å². The molecule has 0 saturated carbocycles. The largest absolute Gasteiger partial charge is 0.493 e. The van der Waals surface area contributed by atoms with E-state index in [1.54, 1.807) is 12.1 Å². The molecular weight excluding hydrogens is 396 g/mol. The van der Waals surface area contributed by atoms with Gasteiger partial charge in [-0.3, -0.25) is 4.79 Å². The molecule has 2 rings (SSSR count). The van der Waals surface area contributed by atoms with Gasteiger partial charge in [-0.2, -0.15) is 0 Å². The van der Waals surface area contributed by atoms with Gasteiger partial charge in [0.15, 0.2) is 11.5 Å². The smallest absolute Gasteiger partial charge is 0.251 e. The molecule has 0 aliphatic carbocycles. The lowest BCUT2D eigenvalue weighted by Gasteiger charge is -2.19. The average molecular weight is 423 g/mol. The maximum Gasteiger partial charge on any atom is 0.251 e. The van der Waals surface area contributed by atoms with Crippen molar-refractivity contribution in [1.82, 2.24) is 9.62 Å². The van der Waals surface area contributed by atoms with E-state index in [-0.39, 0.29) is 16.8 Å². The Balaban J connectivity index is 2.23. The SMILES string of the molecule is COc1cc(C(C)NC(=O)c2ccc(S(=O)(=O)N(C)C)cc2)cc(OC)c1OC. The number of hydrogen-bond acceptors (Lipinski definition) is 6. The summed E-state index contributed by atoms with van der Waals surface area (Å²) < 4.78 is 41.4. The molecule has 1 unspecified atom stereocenters. The van der Waals surface area contributed by atoms with E-state index in [0.717, 1.165) is 9.87 Å². The first kappa shape index (κ1) is 22.5. The van der Waals surface area contributed by atoms with E-state index in [1.807, 2.05) is 6.92 Å². The number of methoxy groups -OCH3 is 3. The molecule has 2 aromatic rings. The Labute approximate surface area is 171 Å². The van der Waals surface area contributed by atoms with Crippen LogP contribution in [0.15, 0.2) is 41.3 Å².